The van der Waals surface area contributed by atoms with Crippen LogP contribution in [0.15, 0.2) is 77.9 Å². The fourth-order valence-electron chi connectivity index (χ4n) is 4.30. The molecule has 0 N–H and O–H groups in total. The molecule has 0 amide bonds. The maximum absolute atomic E-state index is 13.3. The number of halogens is 6. The van der Waals surface area contributed by atoms with Crippen molar-refractivity contribution >= 4 is 11.0 Å². The normalized spacial score (nSPS) is 12.3. The van der Waals surface area contributed by atoms with Gasteiger partial charge in [0.25, 0.3) is 5.56 Å². The van der Waals surface area contributed by atoms with E-state index >= 15 is 0 Å². The molecule has 7 nitrogen and oxygen atoms in total. The fraction of sp³-hybridized carbons (Fsp3) is 0.214. The van der Waals surface area contributed by atoms with Crippen LogP contribution in [0.2, 0.25) is 0 Å². The largest absolute Gasteiger partial charge is 0.573 e. The van der Waals surface area contributed by atoms with E-state index in [1.807, 2.05) is 0 Å². The Hall–Kier alpha value is -4.68. The number of ether oxygens (including phenoxy) is 1. The Morgan fingerprint density at radius 1 is 0.902 bits per heavy atom. The van der Waals surface area contributed by atoms with Crippen LogP contribution in [0, 0.1) is 0 Å². The number of pyridine rings is 1. The number of para-hydroxylation sites is 1. The molecule has 3 aromatic heterocycles. The molecule has 212 valence electrons. The van der Waals surface area contributed by atoms with E-state index in [2.05, 4.69) is 19.7 Å². The third-order valence-corrected chi connectivity index (χ3v) is 6.21. The highest BCUT2D eigenvalue weighted by Gasteiger charge is 2.35. The smallest absolute Gasteiger partial charge is 0.405 e. The van der Waals surface area contributed by atoms with Crippen LogP contribution in [0.5, 0.6) is 5.75 Å². The van der Waals surface area contributed by atoms with E-state index in [0.29, 0.717) is 16.5 Å². The summed E-state index contributed by atoms with van der Waals surface area (Å²) in [5.74, 6) is -0.417. The van der Waals surface area contributed by atoms with Crippen LogP contribution >= 0.6 is 0 Å². The molecule has 5 aromatic rings. The number of fused-ring (bicyclic) bond motifs is 1. The average Bonchev–Trinajstić information content (AvgIpc) is 3.37. The monoisotopic (exact) mass is 573 g/mol. The minimum absolute atomic E-state index is 0.0159. The Kier molecular flexibility index (Phi) is 7.05. The number of hydrogen-bond donors (Lipinski definition) is 0. The lowest BCUT2D eigenvalue weighted by Gasteiger charge is -2.14. The lowest BCUT2D eigenvalue weighted by Crippen LogP contribution is -2.21. The Balaban J connectivity index is 1.51. The minimum Gasteiger partial charge on any atom is -0.405 e. The molecule has 2 aromatic carbocycles. The van der Waals surface area contributed by atoms with Gasteiger partial charge >= 0.3 is 12.5 Å². The van der Waals surface area contributed by atoms with E-state index in [0.717, 1.165) is 12.3 Å². The second kappa shape index (κ2) is 10.4. The van der Waals surface area contributed by atoms with Gasteiger partial charge in [0.2, 0.25) is 0 Å². The van der Waals surface area contributed by atoms with Crippen LogP contribution in [-0.4, -0.2) is 30.4 Å². The Morgan fingerprint density at radius 2 is 1.61 bits per heavy atom. The van der Waals surface area contributed by atoms with Gasteiger partial charge in [-0.1, -0.05) is 36.4 Å². The number of nitrogens with zero attached hydrogens (tertiary/aromatic N) is 5. The first kappa shape index (κ1) is 27.9. The maximum atomic E-state index is 13.3. The van der Waals surface area contributed by atoms with Gasteiger partial charge in [-0.25, -0.2) is 15.0 Å². The van der Waals surface area contributed by atoms with Crippen LogP contribution in [-0.2, 0) is 12.7 Å². The molecule has 0 saturated carbocycles. The molecule has 0 aliphatic heterocycles. The van der Waals surface area contributed by atoms with E-state index in [1.165, 1.54) is 45.7 Å². The number of rotatable bonds is 6. The van der Waals surface area contributed by atoms with Crippen LogP contribution < -0.4 is 10.3 Å². The van der Waals surface area contributed by atoms with Crippen LogP contribution in [0.25, 0.3) is 33.8 Å². The molecule has 0 aliphatic rings. The molecule has 5 rings (SSSR count). The Labute approximate surface area is 228 Å². The minimum atomic E-state index is -4.93. The summed E-state index contributed by atoms with van der Waals surface area (Å²) in [7, 11) is 0. The summed E-state index contributed by atoms with van der Waals surface area (Å²) in [6, 6.07) is 14.5. The lowest BCUT2D eigenvalue weighted by molar-refractivity contribution is -0.274. The van der Waals surface area contributed by atoms with Crippen molar-refractivity contribution in [2.24, 2.45) is 0 Å². The van der Waals surface area contributed by atoms with Crippen molar-refractivity contribution < 1.29 is 31.1 Å². The highest BCUT2D eigenvalue weighted by molar-refractivity contribution is 5.77. The molecule has 0 saturated heterocycles. The molecule has 13 heteroatoms. The first-order valence-electron chi connectivity index (χ1n) is 12.3. The summed E-state index contributed by atoms with van der Waals surface area (Å²) in [5.41, 5.74) is -0.171. The van der Waals surface area contributed by atoms with Crippen LogP contribution in [0.1, 0.15) is 31.1 Å². The Bertz CT molecular complexity index is 1770. The number of benzene rings is 2. The molecule has 0 radical (unpaired) electrons. The van der Waals surface area contributed by atoms with E-state index in [4.69, 9.17) is 0 Å². The summed E-state index contributed by atoms with van der Waals surface area (Å²) in [5, 5.41) is 0.470. The standard InChI is InChI=1S/C28H21F6N5O2/c1-16(2)38-15-22(27(29,30)31)36-25(38)18-9-7-17(8-10-18)14-39-23(40)12-11-19-13-35-24(37-26(19)39)20-5-3-4-6-21(20)41-28(32,33)34/h3-13,15-16H,14H2,1-2H3. The van der Waals surface area contributed by atoms with Crippen molar-refractivity contribution in [1.82, 2.24) is 24.1 Å². The second-order valence-electron chi connectivity index (χ2n) is 9.42. The molecule has 0 unspecified atom stereocenters. The van der Waals surface area contributed by atoms with E-state index < -0.39 is 29.5 Å². The molecule has 3 heterocycles. The van der Waals surface area contributed by atoms with Crippen molar-refractivity contribution in [2.75, 3.05) is 0 Å². The third kappa shape index (κ3) is 5.93. The predicted octanol–water partition coefficient (Wildman–Crippen LogP) is 6.87. The first-order valence-corrected chi connectivity index (χ1v) is 12.3. The van der Waals surface area contributed by atoms with E-state index in [1.54, 1.807) is 38.1 Å². The van der Waals surface area contributed by atoms with Gasteiger partial charge in [-0.2, -0.15) is 13.2 Å². The molecule has 0 spiro atoms. The predicted molar refractivity (Wildman–Crippen MR) is 138 cm³/mol. The van der Waals surface area contributed by atoms with Crippen molar-refractivity contribution in [3.63, 3.8) is 0 Å². The van der Waals surface area contributed by atoms with Gasteiger partial charge < -0.3 is 9.30 Å². The zero-order valence-electron chi connectivity index (χ0n) is 21.5. The molecular weight excluding hydrogens is 552 g/mol. The highest BCUT2D eigenvalue weighted by Crippen LogP contribution is 2.34. The van der Waals surface area contributed by atoms with Crippen LogP contribution in [0.4, 0.5) is 26.3 Å². The summed E-state index contributed by atoms with van der Waals surface area (Å²) in [4.78, 5) is 25.2. The molecule has 0 aliphatic carbocycles. The van der Waals surface area contributed by atoms with E-state index in [-0.39, 0.29) is 35.4 Å². The van der Waals surface area contributed by atoms with Gasteiger partial charge in [0.15, 0.2) is 11.5 Å². The van der Waals surface area contributed by atoms with E-state index in [9.17, 15) is 31.1 Å². The fourth-order valence-corrected chi connectivity index (χ4v) is 4.30. The van der Waals surface area contributed by atoms with Crippen LogP contribution in [0.3, 0.4) is 0 Å². The van der Waals surface area contributed by atoms with Gasteiger partial charge in [0, 0.05) is 35.5 Å². The zero-order chi connectivity index (χ0) is 29.5. The quantitative estimate of drug-likeness (QED) is 0.207. The second-order valence-corrected chi connectivity index (χ2v) is 9.42. The van der Waals surface area contributed by atoms with Crippen molar-refractivity contribution in [3.05, 3.63) is 94.7 Å². The third-order valence-electron chi connectivity index (χ3n) is 6.21. The summed E-state index contributed by atoms with van der Waals surface area (Å²) in [6.07, 6.45) is -7.16. The molecule has 0 atom stereocenters. The van der Waals surface area contributed by atoms with Gasteiger partial charge in [0.05, 0.1) is 12.1 Å². The zero-order valence-corrected chi connectivity index (χ0v) is 21.5. The SMILES string of the molecule is CC(C)n1cc(C(F)(F)F)nc1-c1ccc(Cn2c(=O)ccc3cnc(-c4ccccc4OC(F)(F)F)nc32)cc1. The van der Waals surface area contributed by atoms with Crippen molar-refractivity contribution in [3.8, 4) is 28.5 Å². The highest BCUT2D eigenvalue weighted by atomic mass is 19.4. The Morgan fingerprint density at radius 3 is 2.27 bits per heavy atom. The number of imidazole rings is 1. The molecular formula is C28H21F6N5O2. The number of alkyl halides is 6. The van der Waals surface area contributed by atoms with Gasteiger partial charge in [-0.3, -0.25) is 9.36 Å². The lowest BCUT2D eigenvalue weighted by atomic mass is 10.1. The maximum Gasteiger partial charge on any atom is 0.573 e. The summed E-state index contributed by atoms with van der Waals surface area (Å²) < 4.78 is 85.6. The number of aromatic nitrogens is 5. The van der Waals surface area contributed by atoms with Gasteiger partial charge in [-0.15, -0.1) is 13.2 Å². The molecule has 0 bridgehead atoms. The topological polar surface area (TPSA) is 74.8 Å². The average molecular weight is 573 g/mol. The summed E-state index contributed by atoms with van der Waals surface area (Å²) >= 11 is 0. The number of hydrogen-bond acceptors (Lipinski definition) is 5. The first-order chi connectivity index (χ1) is 19.3. The summed E-state index contributed by atoms with van der Waals surface area (Å²) in [6.45, 7) is 3.52. The molecule has 0 fully saturated rings. The van der Waals surface area contributed by atoms with Crippen molar-refractivity contribution in [1.29, 1.82) is 0 Å². The van der Waals surface area contributed by atoms with Gasteiger partial charge in [0.1, 0.15) is 17.2 Å². The van der Waals surface area contributed by atoms with Crippen molar-refractivity contribution in [2.45, 2.75) is 39.0 Å². The molecule has 41 heavy (non-hydrogen) atoms. The van der Waals surface area contributed by atoms with Gasteiger partial charge in [-0.05, 0) is 37.6 Å².